The lowest BCUT2D eigenvalue weighted by atomic mass is 9.95. The Morgan fingerprint density at radius 3 is 2.32 bits per heavy atom. The molecule has 166 valence electrons. The molecule has 6 heteroatoms. The number of carbonyl (C=O) groups excluding carboxylic acids is 2. The second kappa shape index (κ2) is 8.48. The van der Waals surface area contributed by atoms with Gasteiger partial charge in [0, 0.05) is 28.9 Å². The predicted molar refractivity (Wildman–Crippen MR) is 123 cm³/mol. The van der Waals surface area contributed by atoms with Crippen LogP contribution in [-0.4, -0.2) is 27.6 Å². The van der Waals surface area contributed by atoms with Crippen LogP contribution in [0.15, 0.2) is 24.3 Å². The molecule has 1 aromatic heterocycles. The first-order valence-corrected chi connectivity index (χ1v) is 11.6. The Labute approximate surface area is 184 Å². The van der Waals surface area contributed by atoms with E-state index in [1.807, 2.05) is 29.8 Å². The van der Waals surface area contributed by atoms with Gasteiger partial charge < -0.3 is 10.6 Å². The number of aromatic nitrogens is 2. The van der Waals surface area contributed by atoms with Crippen molar-refractivity contribution in [1.82, 2.24) is 15.1 Å². The van der Waals surface area contributed by atoms with Gasteiger partial charge in [-0.25, -0.2) is 0 Å². The normalized spacial score (nSPS) is 17.4. The maximum atomic E-state index is 12.9. The number of carbonyl (C=O) groups is 2. The molecule has 2 N–H and O–H groups in total. The molecule has 1 aromatic carbocycles. The summed E-state index contributed by atoms with van der Waals surface area (Å²) in [7, 11) is 0. The van der Waals surface area contributed by atoms with Crippen LogP contribution >= 0.6 is 0 Å². The van der Waals surface area contributed by atoms with E-state index >= 15 is 0 Å². The van der Waals surface area contributed by atoms with E-state index < -0.39 is 0 Å². The van der Waals surface area contributed by atoms with Crippen LogP contribution in [0.25, 0.3) is 0 Å². The fourth-order valence-corrected chi connectivity index (χ4v) is 4.36. The number of hydrogen-bond donors (Lipinski definition) is 2. The Balaban J connectivity index is 1.46. The van der Waals surface area contributed by atoms with E-state index in [0.29, 0.717) is 22.9 Å². The van der Waals surface area contributed by atoms with Crippen LogP contribution in [0.5, 0.6) is 0 Å². The van der Waals surface area contributed by atoms with E-state index in [1.165, 1.54) is 19.3 Å². The molecule has 0 spiro atoms. The molecule has 4 rings (SSSR count). The van der Waals surface area contributed by atoms with Crippen molar-refractivity contribution in [2.75, 3.05) is 5.32 Å². The highest BCUT2D eigenvalue weighted by Gasteiger charge is 2.32. The van der Waals surface area contributed by atoms with Crippen molar-refractivity contribution in [2.45, 2.75) is 90.1 Å². The minimum absolute atomic E-state index is 0.0362. The summed E-state index contributed by atoms with van der Waals surface area (Å²) in [5.41, 5.74) is 3.62. The van der Waals surface area contributed by atoms with E-state index in [0.717, 1.165) is 36.9 Å². The van der Waals surface area contributed by atoms with Crippen molar-refractivity contribution >= 4 is 17.5 Å². The molecular formula is C25H34N4O2. The predicted octanol–water partition coefficient (Wildman–Crippen LogP) is 5.14. The maximum Gasteiger partial charge on any atom is 0.276 e. The highest BCUT2D eigenvalue weighted by Crippen LogP contribution is 2.41. The molecule has 0 atom stereocenters. The number of anilines is 1. The van der Waals surface area contributed by atoms with Gasteiger partial charge in [0.15, 0.2) is 5.69 Å². The van der Waals surface area contributed by atoms with E-state index in [4.69, 9.17) is 0 Å². The first kappa shape index (κ1) is 21.6. The third kappa shape index (κ3) is 5.00. The number of rotatable bonds is 5. The Bertz CT molecular complexity index is 976. The standard InChI is InChI=1S/C25H34N4O2/c1-16-14-18(23(30)26-19-8-6-5-7-9-19)12-13-20(16)27-24(31)21-15-22(17-10-11-17)29(28-21)25(2,3)4/h12-15,17,19H,5-11H2,1-4H3,(H,26,30)(H,27,31). The smallest absolute Gasteiger partial charge is 0.276 e. The van der Waals surface area contributed by atoms with Crippen LogP contribution in [0.1, 0.15) is 104 Å². The summed E-state index contributed by atoms with van der Waals surface area (Å²) in [6.45, 7) is 8.23. The summed E-state index contributed by atoms with van der Waals surface area (Å²) in [4.78, 5) is 25.5. The molecule has 0 unspecified atom stereocenters. The van der Waals surface area contributed by atoms with Crippen LogP contribution in [0.4, 0.5) is 5.69 Å². The van der Waals surface area contributed by atoms with E-state index in [1.54, 1.807) is 6.07 Å². The summed E-state index contributed by atoms with van der Waals surface area (Å²) >= 11 is 0. The minimum atomic E-state index is -0.215. The molecule has 2 fully saturated rings. The van der Waals surface area contributed by atoms with Gasteiger partial charge in [0.25, 0.3) is 11.8 Å². The molecule has 6 nitrogen and oxygen atoms in total. The molecule has 0 bridgehead atoms. The zero-order chi connectivity index (χ0) is 22.2. The Hall–Kier alpha value is -2.63. The molecule has 2 aliphatic carbocycles. The molecule has 2 aliphatic rings. The van der Waals surface area contributed by atoms with Gasteiger partial charge in [-0.05, 0) is 83.2 Å². The van der Waals surface area contributed by atoms with Gasteiger partial charge in [-0.1, -0.05) is 19.3 Å². The number of amides is 2. The fourth-order valence-electron chi connectivity index (χ4n) is 4.36. The second-order valence-corrected chi connectivity index (χ2v) is 10.1. The van der Waals surface area contributed by atoms with Crippen molar-refractivity contribution in [2.24, 2.45) is 0 Å². The molecule has 31 heavy (non-hydrogen) atoms. The first-order chi connectivity index (χ1) is 14.7. The van der Waals surface area contributed by atoms with Gasteiger partial charge in [-0.3, -0.25) is 14.3 Å². The van der Waals surface area contributed by atoms with Gasteiger partial charge >= 0.3 is 0 Å². The first-order valence-electron chi connectivity index (χ1n) is 11.6. The monoisotopic (exact) mass is 422 g/mol. The highest BCUT2D eigenvalue weighted by atomic mass is 16.2. The Morgan fingerprint density at radius 2 is 1.71 bits per heavy atom. The molecular weight excluding hydrogens is 388 g/mol. The summed E-state index contributed by atoms with van der Waals surface area (Å²) in [6.07, 6.45) is 8.06. The van der Waals surface area contributed by atoms with Crippen LogP contribution in [0.2, 0.25) is 0 Å². The van der Waals surface area contributed by atoms with Gasteiger partial charge in [-0.15, -0.1) is 0 Å². The van der Waals surface area contributed by atoms with Gasteiger partial charge in [0.2, 0.25) is 0 Å². The average Bonchev–Trinajstić information content (AvgIpc) is 3.46. The van der Waals surface area contributed by atoms with Crippen molar-refractivity contribution in [1.29, 1.82) is 0 Å². The van der Waals surface area contributed by atoms with E-state index in [-0.39, 0.29) is 23.4 Å². The van der Waals surface area contributed by atoms with Crippen molar-refractivity contribution in [3.05, 3.63) is 46.8 Å². The third-order valence-electron chi connectivity index (χ3n) is 6.28. The lowest BCUT2D eigenvalue weighted by molar-refractivity contribution is 0.0927. The zero-order valence-corrected chi connectivity index (χ0v) is 19.1. The van der Waals surface area contributed by atoms with Gasteiger partial charge in [0.05, 0.1) is 5.54 Å². The summed E-state index contributed by atoms with van der Waals surface area (Å²) in [5.74, 6) is 0.259. The zero-order valence-electron chi connectivity index (χ0n) is 19.1. The lowest BCUT2D eigenvalue weighted by Gasteiger charge is -2.23. The summed E-state index contributed by atoms with van der Waals surface area (Å²) < 4.78 is 1.99. The topological polar surface area (TPSA) is 76.0 Å². The van der Waals surface area contributed by atoms with E-state index in [9.17, 15) is 9.59 Å². The fraction of sp³-hybridized carbons (Fsp3) is 0.560. The highest BCUT2D eigenvalue weighted by molar-refractivity contribution is 6.04. The van der Waals surface area contributed by atoms with Crippen LogP contribution in [0.3, 0.4) is 0 Å². The molecule has 0 saturated heterocycles. The summed E-state index contributed by atoms with van der Waals surface area (Å²) in [5, 5.41) is 10.7. The lowest BCUT2D eigenvalue weighted by Crippen LogP contribution is -2.36. The third-order valence-corrected chi connectivity index (χ3v) is 6.28. The molecule has 0 radical (unpaired) electrons. The number of benzene rings is 1. The van der Waals surface area contributed by atoms with Crippen LogP contribution in [-0.2, 0) is 5.54 Å². The number of nitrogens with one attached hydrogen (secondary N) is 2. The Morgan fingerprint density at radius 1 is 1.00 bits per heavy atom. The van der Waals surface area contributed by atoms with Crippen molar-refractivity contribution < 1.29 is 9.59 Å². The SMILES string of the molecule is Cc1cc(C(=O)NC2CCCCC2)ccc1NC(=O)c1cc(C2CC2)n(C(C)(C)C)n1. The maximum absolute atomic E-state index is 12.9. The van der Waals surface area contributed by atoms with Gasteiger partial charge in [-0.2, -0.15) is 5.10 Å². The largest absolute Gasteiger partial charge is 0.349 e. The number of nitrogens with zero attached hydrogens (tertiary/aromatic N) is 2. The molecule has 0 aliphatic heterocycles. The number of aryl methyl sites for hydroxylation is 1. The van der Waals surface area contributed by atoms with Crippen LogP contribution < -0.4 is 10.6 Å². The average molecular weight is 423 g/mol. The Kier molecular flexibility index (Phi) is 5.91. The van der Waals surface area contributed by atoms with Crippen molar-refractivity contribution in [3.63, 3.8) is 0 Å². The van der Waals surface area contributed by atoms with Gasteiger partial charge in [0.1, 0.15) is 0 Å². The molecule has 2 amide bonds. The van der Waals surface area contributed by atoms with Crippen LogP contribution in [0, 0.1) is 6.92 Å². The second-order valence-electron chi connectivity index (χ2n) is 10.1. The molecule has 1 heterocycles. The number of hydrogen-bond acceptors (Lipinski definition) is 3. The quantitative estimate of drug-likeness (QED) is 0.700. The molecule has 2 saturated carbocycles. The van der Waals surface area contributed by atoms with Crippen molar-refractivity contribution in [3.8, 4) is 0 Å². The van der Waals surface area contributed by atoms with E-state index in [2.05, 4.69) is 36.5 Å². The summed E-state index contributed by atoms with van der Waals surface area (Å²) in [6, 6.07) is 7.64. The molecule has 2 aromatic rings. The minimum Gasteiger partial charge on any atom is -0.349 e.